The van der Waals surface area contributed by atoms with Crippen molar-refractivity contribution in [2.45, 2.75) is 19.3 Å². The third-order valence-corrected chi connectivity index (χ3v) is 3.14. The number of rotatable bonds is 2. The molecule has 17 heavy (non-hydrogen) atoms. The Morgan fingerprint density at radius 3 is 2.65 bits per heavy atom. The second kappa shape index (κ2) is 3.70. The molecule has 0 spiro atoms. The molecule has 1 heterocycles. The highest BCUT2D eigenvalue weighted by molar-refractivity contribution is 5.54. The van der Waals surface area contributed by atoms with Crippen LogP contribution in [-0.4, -0.2) is 10.1 Å². The van der Waals surface area contributed by atoms with Crippen molar-refractivity contribution in [2.75, 3.05) is 0 Å². The summed E-state index contributed by atoms with van der Waals surface area (Å²) in [6.07, 6.45) is 1.15. The topological polar surface area (TPSA) is 62.7 Å². The number of nitriles is 1. The van der Waals surface area contributed by atoms with E-state index in [4.69, 9.17) is 9.78 Å². The van der Waals surface area contributed by atoms with E-state index >= 15 is 0 Å². The van der Waals surface area contributed by atoms with Gasteiger partial charge in [-0.3, -0.25) is 0 Å². The molecule has 84 valence electrons. The molecule has 2 aromatic rings. The number of hydrogen-bond donors (Lipinski definition) is 0. The molecule has 3 rings (SSSR count). The summed E-state index contributed by atoms with van der Waals surface area (Å²) in [5.41, 5.74) is 1.49. The van der Waals surface area contributed by atoms with Crippen molar-refractivity contribution in [3.8, 4) is 17.5 Å². The van der Waals surface area contributed by atoms with Gasteiger partial charge >= 0.3 is 0 Å². The van der Waals surface area contributed by atoms with Crippen molar-refractivity contribution in [1.29, 1.82) is 5.26 Å². The normalized spacial score (nSPS) is 22.1. The molecule has 4 nitrogen and oxygen atoms in total. The number of hydrogen-bond acceptors (Lipinski definition) is 4. The Morgan fingerprint density at radius 1 is 1.35 bits per heavy atom. The Bertz CT molecular complexity index is 579. The average Bonchev–Trinajstić information content (AvgIpc) is 2.92. The van der Waals surface area contributed by atoms with Crippen LogP contribution >= 0.6 is 0 Å². The highest BCUT2D eigenvalue weighted by Gasteiger charge is 2.38. The van der Waals surface area contributed by atoms with E-state index in [1.54, 1.807) is 12.1 Å². The van der Waals surface area contributed by atoms with Gasteiger partial charge in [0.1, 0.15) is 0 Å². The summed E-state index contributed by atoms with van der Waals surface area (Å²) >= 11 is 0. The molecular formula is C13H11N3O. The summed E-state index contributed by atoms with van der Waals surface area (Å²) in [5.74, 6) is 2.47. The van der Waals surface area contributed by atoms with Gasteiger partial charge in [0.2, 0.25) is 0 Å². The smallest absolute Gasteiger partial charge is 0.257 e. The van der Waals surface area contributed by atoms with E-state index in [1.807, 2.05) is 12.1 Å². The van der Waals surface area contributed by atoms with Gasteiger partial charge in [0.15, 0.2) is 5.82 Å². The molecule has 4 heteroatoms. The van der Waals surface area contributed by atoms with Gasteiger partial charge in [0.25, 0.3) is 5.89 Å². The van der Waals surface area contributed by atoms with Gasteiger partial charge in [-0.05, 0) is 36.6 Å². The van der Waals surface area contributed by atoms with Crippen molar-refractivity contribution in [2.24, 2.45) is 5.92 Å². The van der Waals surface area contributed by atoms with Crippen LogP contribution in [0.3, 0.4) is 0 Å². The lowest BCUT2D eigenvalue weighted by Gasteiger charge is -1.92. The molecule has 0 aliphatic heterocycles. The first-order chi connectivity index (χ1) is 8.28. The quantitative estimate of drug-likeness (QED) is 0.788. The molecule has 2 atom stereocenters. The molecule has 1 saturated carbocycles. The molecule has 1 aliphatic carbocycles. The van der Waals surface area contributed by atoms with Crippen molar-refractivity contribution in [1.82, 2.24) is 10.1 Å². The van der Waals surface area contributed by atoms with E-state index in [-0.39, 0.29) is 0 Å². The van der Waals surface area contributed by atoms with Crippen molar-refractivity contribution in [3.63, 3.8) is 0 Å². The first-order valence-electron chi connectivity index (χ1n) is 5.62. The lowest BCUT2D eigenvalue weighted by atomic mass is 10.1. The Kier molecular flexibility index (Phi) is 2.19. The summed E-state index contributed by atoms with van der Waals surface area (Å²) in [5, 5.41) is 12.7. The van der Waals surface area contributed by atoms with E-state index in [0.717, 1.165) is 17.8 Å². The molecular weight excluding hydrogens is 214 g/mol. The molecule has 1 aromatic carbocycles. The number of benzene rings is 1. The zero-order valence-corrected chi connectivity index (χ0v) is 9.42. The Balaban J connectivity index is 1.88. The summed E-state index contributed by atoms with van der Waals surface area (Å²) < 4.78 is 5.23. The largest absolute Gasteiger partial charge is 0.334 e. The fraction of sp³-hybridized carbons (Fsp3) is 0.308. The number of aromatic nitrogens is 2. The minimum Gasteiger partial charge on any atom is -0.334 e. The maximum atomic E-state index is 8.71. The van der Waals surface area contributed by atoms with Crippen LogP contribution in [0.1, 0.15) is 30.7 Å². The van der Waals surface area contributed by atoms with E-state index in [1.165, 1.54) is 0 Å². The van der Waals surface area contributed by atoms with Crippen LogP contribution in [0.15, 0.2) is 28.8 Å². The van der Waals surface area contributed by atoms with Gasteiger partial charge in [0.05, 0.1) is 11.6 Å². The maximum Gasteiger partial charge on any atom is 0.257 e. The predicted octanol–water partition coefficient (Wildman–Crippen LogP) is 2.73. The molecule has 0 radical (unpaired) electrons. The third-order valence-electron chi connectivity index (χ3n) is 3.14. The van der Waals surface area contributed by atoms with Gasteiger partial charge in [0, 0.05) is 11.5 Å². The highest BCUT2D eigenvalue weighted by Crippen LogP contribution is 2.45. The van der Waals surface area contributed by atoms with Gasteiger partial charge in [-0.25, -0.2) is 0 Å². The van der Waals surface area contributed by atoms with Crippen LogP contribution in [0.4, 0.5) is 0 Å². The highest BCUT2D eigenvalue weighted by atomic mass is 16.5. The van der Waals surface area contributed by atoms with Crippen LogP contribution in [0.25, 0.3) is 11.5 Å². The summed E-state index contributed by atoms with van der Waals surface area (Å²) in [4.78, 5) is 4.39. The SMILES string of the molecule is CC1CC1c1noc(-c2ccc(C#N)cc2)n1. The molecule has 2 unspecified atom stereocenters. The predicted molar refractivity (Wildman–Crippen MR) is 61.0 cm³/mol. The summed E-state index contributed by atoms with van der Waals surface area (Å²) in [7, 11) is 0. The third kappa shape index (κ3) is 1.80. The van der Waals surface area contributed by atoms with Crippen molar-refractivity contribution < 1.29 is 4.52 Å². The van der Waals surface area contributed by atoms with E-state index < -0.39 is 0 Å². The van der Waals surface area contributed by atoms with E-state index in [0.29, 0.717) is 23.3 Å². The Labute approximate surface area is 98.9 Å². The monoisotopic (exact) mass is 225 g/mol. The molecule has 0 amide bonds. The molecule has 0 N–H and O–H groups in total. The lowest BCUT2D eigenvalue weighted by molar-refractivity contribution is 0.422. The second-order valence-electron chi connectivity index (χ2n) is 4.47. The molecule has 1 aromatic heterocycles. The van der Waals surface area contributed by atoms with Crippen molar-refractivity contribution in [3.05, 3.63) is 35.7 Å². The summed E-state index contributed by atoms with van der Waals surface area (Å²) in [6.45, 7) is 2.18. The van der Waals surface area contributed by atoms with Gasteiger partial charge in [-0.15, -0.1) is 0 Å². The first-order valence-corrected chi connectivity index (χ1v) is 5.62. The fourth-order valence-corrected chi connectivity index (χ4v) is 1.87. The van der Waals surface area contributed by atoms with E-state index in [2.05, 4.69) is 23.1 Å². The zero-order valence-electron chi connectivity index (χ0n) is 9.42. The maximum absolute atomic E-state index is 8.71. The van der Waals surface area contributed by atoms with Crippen LogP contribution in [0.2, 0.25) is 0 Å². The molecule has 1 aliphatic rings. The molecule has 1 fully saturated rings. The number of nitrogens with zero attached hydrogens (tertiary/aromatic N) is 3. The molecule has 0 saturated heterocycles. The molecule has 0 bridgehead atoms. The average molecular weight is 225 g/mol. The van der Waals surface area contributed by atoms with Gasteiger partial charge in [-0.2, -0.15) is 10.2 Å². The fourth-order valence-electron chi connectivity index (χ4n) is 1.87. The Morgan fingerprint density at radius 2 is 2.06 bits per heavy atom. The Hall–Kier alpha value is -2.15. The van der Waals surface area contributed by atoms with Crippen LogP contribution in [-0.2, 0) is 0 Å². The first kappa shape index (κ1) is 10.0. The standard InChI is InChI=1S/C13H11N3O/c1-8-6-11(8)12-15-13(17-16-12)10-4-2-9(7-14)3-5-10/h2-5,8,11H,6H2,1H3. The van der Waals surface area contributed by atoms with Gasteiger partial charge in [-0.1, -0.05) is 12.1 Å². The lowest BCUT2D eigenvalue weighted by Crippen LogP contribution is -1.84. The van der Waals surface area contributed by atoms with Crippen LogP contribution in [0, 0.1) is 17.2 Å². The minimum absolute atomic E-state index is 0.464. The summed E-state index contributed by atoms with van der Waals surface area (Å²) in [6, 6.07) is 9.23. The van der Waals surface area contributed by atoms with Crippen LogP contribution < -0.4 is 0 Å². The zero-order chi connectivity index (χ0) is 11.8. The van der Waals surface area contributed by atoms with Crippen molar-refractivity contribution >= 4 is 0 Å². The van der Waals surface area contributed by atoms with E-state index in [9.17, 15) is 0 Å². The van der Waals surface area contributed by atoms with Gasteiger partial charge < -0.3 is 4.52 Å². The van der Waals surface area contributed by atoms with Crippen LogP contribution in [0.5, 0.6) is 0 Å². The second-order valence-corrected chi connectivity index (χ2v) is 4.47. The minimum atomic E-state index is 0.464.